The Bertz CT molecular complexity index is 212. The summed E-state index contributed by atoms with van der Waals surface area (Å²) in [5.41, 5.74) is 0. The van der Waals surface area contributed by atoms with E-state index >= 15 is 0 Å². The van der Waals surface area contributed by atoms with Crippen molar-refractivity contribution in [2.45, 2.75) is 40.0 Å². The van der Waals surface area contributed by atoms with Crippen molar-refractivity contribution < 1.29 is 24.2 Å². The second-order valence-electron chi connectivity index (χ2n) is 2.87. The van der Waals surface area contributed by atoms with Gasteiger partial charge in [0.25, 0.3) is 6.47 Å². The highest BCUT2D eigenvalue weighted by Gasteiger charge is 2.27. The molecule has 5 heteroatoms. The maximum atomic E-state index is 10.5. The third-order valence-corrected chi connectivity index (χ3v) is 1.83. The minimum atomic E-state index is -0.833. The van der Waals surface area contributed by atoms with E-state index in [9.17, 15) is 14.4 Å². The van der Waals surface area contributed by atoms with Crippen LogP contribution in [0.2, 0.25) is 0 Å². The number of Topliss-reactive ketones (excluding diaryl/α,β-unsaturated/α-hetero) is 1. The SMILES string of the molecule is CC.CCOC=O.O=C1CCC(C(=O)O)C1. The van der Waals surface area contributed by atoms with Gasteiger partial charge in [-0.15, -0.1) is 0 Å². The summed E-state index contributed by atoms with van der Waals surface area (Å²) in [6, 6.07) is 0. The highest BCUT2D eigenvalue weighted by Crippen LogP contribution is 2.21. The minimum absolute atomic E-state index is 0.0856. The zero-order chi connectivity index (χ0) is 13.0. The summed E-state index contributed by atoms with van der Waals surface area (Å²) in [7, 11) is 0. The van der Waals surface area contributed by atoms with Crippen LogP contribution in [0.3, 0.4) is 0 Å². The number of hydrogen-bond acceptors (Lipinski definition) is 4. The molecule has 1 saturated carbocycles. The fraction of sp³-hybridized carbons (Fsp3) is 0.727. The van der Waals surface area contributed by atoms with Crippen LogP contribution in [-0.2, 0) is 19.1 Å². The molecule has 0 aromatic heterocycles. The molecule has 1 unspecified atom stereocenters. The number of aliphatic carboxylic acids is 1. The first-order chi connectivity index (χ1) is 7.61. The van der Waals surface area contributed by atoms with Gasteiger partial charge in [-0.3, -0.25) is 14.4 Å². The number of carboxylic acids is 1. The number of ketones is 1. The van der Waals surface area contributed by atoms with Crippen LogP contribution >= 0.6 is 0 Å². The van der Waals surface area contributed by atoms with Gasteiger partial charge in [0.15, 0.2) is 0 Å². The van der Waals surface area contributed by atoms with Gasteiger partial charge in [-0.2, -0.15) is 0 Å². The van der Waals surface area contributed by atoms with Crippen molar-refractivity contribution in [3.05, 3.63) is 0 Å². The molecule has 1 fully saturated rings. The highest BCUT2D eigenvalue weighted by atomic mass is 16.5. The van der Waals surface area contributed by atoms with E-state index in [0.29, 0.717) is 25.9 Å². The molecule has 0 aromatic carbocycles. The monoisotopic (exact) mass is 232 g/mol. The number of carbonyl (C=O) groups excluding carboxylic acids is 2. The normalized spacial score (nSPS) is 17.4. The molecule has 0 saturated heterocycles. The molecule has 1 aliphatic rings. The van der Waals surface area contributed by atoms with Gasteiger partial charge >= 0.3 is 5.97 Å². The zero-order valence-electron chi connectivity index (χ0n) is 10.1. The molecular weight excluding hydrogens is 212 g/mol. The average Bonchev–Trinajstić information content (AvgIpc) is 2.70. The lowest BCUT2D eigenvalue weighted by atomic mass is 10.1. The third-order valence-electron chi connectivity index (χ3n) is 1.83. The van der Waals surface area contributed by atoms with Crippen molar-refractivity contribution >= 4 is 18.2 Å². The van der Waals surface area contributed by atoms with Gasteiger partial charge in [-0.25, -0.2) is 0 Å². The molecule has 1 N–H and O–H groups in total. The second kappa shape index (κ2) is 11.7. The fourth-order valence-corrected chi connectivity index (χ4v) is 1.09. The van der Waals surface area contributed by atoms with Crippen LogP contribution in [0.1, 0.15) is 40.0 Å². The molecule has 0 amide bonds. The summed E-state index contributed by atoms with van der Waals surface area (Å²) in [6.45, 7) is 6.66. The standard InChI is InChI=1S/C6H8O3.C3H6O2.C2H6/c7-5-2-1-4(3-5)6(8)9;1-2-5-3-4;1-2/h4H,1-3H2,(H,8,9);3H,2H2,1H3;1-2H3. The van der Waals surface area contributed by atoms with E-state index in [2.05, 4.69) is 4.74 Å². The van der Waals surface area contributed by atoms with Crippen molar-refractivity contribution in [2.24, 2.45) is 5.92 Å². The Morgan fingerprint density at radius 2 is 2.12 bits per heavy atom. The lowest BCUT2D eigenvalue weighted by molar-refractivity contribution is -0.142. The Morgan fingerprint density at radius 1 is 1.56 bits per heavy atom. The van der Waals surface area contributed by atoms with E-state index in [4.69, 9.17) is 5.11 Å². The smallest absolute Gasteiger partial charge is 0.306 e. The molecular formula is C11H20O5. The molecule has 1 atom stereocenters. The summed E-state index contributed by atoms with van der Waals surface area (Å²) in [5.74, 6) is -1.14. The molecule has 0 radical (unpaired) electrons. The largest absolute Gasteiger partial charge is 0.481 e. The van der Waals surface area contributed by atoms with E-state index in [0.717, 1.165) is 0 Å². The average molecular weight is 232 g/mol. The Morgan fingerprint density at radius 3 is 2.25 bits per heavy atom. The first-order valence-corrected chi connectivity index (χ1v) is 5.41. The maximum absolute atomic E-state index is 10.5. The first-order valence-electron chi connectivity index (χ1n) is 5.41. The van der Waals surface area contributed by atoms with Crippen molar-refractivity contribution in [2.75, 3.05) is 6.61 Å². The number of carboxylic acid groups (broad SMARTS) is 1. The predicted molar refractivity (Wildman–Crippen MR) is 59.0 cm³/mol. The molecule has 0 aliphatic heterocycles. The van der Waals surface area contributed by atoms with Crippen molar-refractivity contribution in [3.63, 3.8) is 0 Å². The Labute approximate surface area is 95.8 Å². The predicted octanol–water partition coefficient (Wildman–Crippen LogP) is 1.65. The zero-order valence-corrected chi connectivity index (χ0v) is 10.1. The summed E-state index contributed by atoms with van der Waals surface area (Å²) in [5, 5.41) is 8.38. The number of hydrogen-bond donors (Lipinski definition) is 1. The second-order valence-corrected chi connectivity index (χ2v) is 2.87. The third kappa shape index (κ3) is 9.18. The summed E-state index contributed by atoms with van der Waals surface area (Å²) >= 11 is 0. The molecule has 0 aromatic rings. The van der Waals surface area contributed by atoms with Crippen molar-refractivity contribution in [1.29, 1.82) is 0 Å². The number of rotatable bonds is 3. The fourth-order valence-electron chi connectivity index (χ4n) is 1.09. The van der Waals surface area contributed by atoms with Crippen LogP contribution in [0.25, 0.3) is 0 Å². The van der Waals surface area contributed by atoms with Crippen LogP contribution in [-0.4, -0.2) is 29.9 Å². The van der Waals surface area contributed by atoms with Gasteiger partial charge < -0.3 is 9.84 Å². The molecule has 0 spiro atoms. The molecule has 1 aliphatic carbocycles. The highest BCUT2D eigenvalue weighted by molar-refractivity contribution is 5.87. The summed E-state index contributed by atoms with van der Waals surface area (Å²) in [4.78, 5) is 29.9. The Kier molecular flexibility index (Phi) is 12.4. The molecule has 94 valence electrons. The van der Waals surface area contributed by atoms with E-state index < -0.39 is 11.9 Å². The number of carbonyl (C=O) groups is 3. The lowest BCUT2D eigenvalue weighted by Gasteiger charge is -1.96. The molecule has 0 heterocycles. The van der Waals surface area contributed by atoms with Crippen LogP contribution in [0.5, 0.6) is 0 Å². The van der Waals surface area contributed by atoms with Gasteiger partial charge in [-0.1, -0.05) is 13.8 Å². The van der Waals surface area contributed by atoms with Crippen LogP contribution in [0.4, 0.5) is 0 Å². The van der Waals surface area contributed by atoms with Crippen LogP contribution in [0.15, 0.2) is 0 Å². The molecule has 1 rings (SSSR count). The van der Waals surface area contributed by atoms with Gasteiger partial charge in [0.2, 0.25) is 0 Å². The van der Waals surface area contributed by atoms with Gasteiger partial charge in [-0.05, 0) is 13.3 Å². The Hall–Kier alpha value is -1.39. The maximum Gasteiger partial charge on any atom is 0.306 e. The summed E-state index contributed by atoms with van der Waals surface area (Å²) in [6.07, 6.45) is 1.24. The van der Waals surface area contributed by atoms with Crippen molar-refractivity contribution in [3.8, 4) is 0 Å². The molecule has 5 nitrogen and oxygen atoms in total. The van der Waals surface area contributed by atoms with Crippen LogP contribution in [0, 0.1) is 5.92 Å². The van der Waals surface area contributed by atoms with E-state index in [1.807, 2.05) is 13.8 Å². The lowest BCUT2D eigenvalue weighted by Crippen LogP contribution is -2.09. The van der Waals surface area contributed by atoms with E-state index in [-0.39, 0.29) is 12.2 Å². The van der Waals surface area contributed by atoms with E-state index in [1.165, 1.54) is 0 Å². The van der Waals surface area contributed by atoms with E-state index in [1.54, 1.807) is 6.92 Å². The van der Waals surface area contributed by atoms with Gasteiger partial charge in [0, 0.05) is 12.8 Å². The first kappa shape index (κ1) is 17.0. The van der Waals surface area contributed by atoms with Gasteiger partial charge in [0.05, 0.1) is 12.5 Å². The Balaban J connectivity index is 0. The minimum Gasteiger partial charge on any atom is -0.481 e. The topological polar surface area (TPSA) is 80.7 Å². The summed E-state index contributed by atoms with van der Waals surface area (Å²) < 4.78 is 4.15. The molecule has 16 heavy (non-hydrogen) atoms. The quantitative estimate of drug-likeness (QED) is 0.748. The van der Waals surface area contributed by atoms with Gasteiger partial charge in [0.1, 0.15) is 5.78 Å². The number of ether oxygens (including phenoxy) is 1. The van der Waals surface area contributed by atoms with Crippen LogP contribution < -0.4 is 0 Å². The van der Waals surface area contributed by atoms with Crippen molar-refractivity contribution in [1.82, 2.24) is 0 Å². The molecule has 0 bridgehead atoms.